The van der Waals surface area contributed by atoms with Gasteiger partial charge in [0, 0.05) is 32.7 Å². The van der Waals surface area contributed by atoms with Crippen molar-refractivity contribution in [2.45, 2.75) is 13.5 Å². The van der Waals surface area contributed by atoms with Gasteiger partial charge in [-0.1, -0.05) is 6.07 Å². The van der Waals surface area contributed by atoms with Gasteiger partial charge in [-0.3, -0.25) is 4.79 Å². The van der Waals surface area contributed by atoms with Crippen molar-refractivity contribution in [3.8, 4) is 10.8 Å². The summed E-state index contributed by atoms with van der Waals surface area (Å²) in [4.78, 5) is 26.6. The molecule has 1 saturated heterocycles. The average molecular weight is 414 g/mol. The molecule has 8 nitrogen and oxygen atoms in total. The molecule has 9 heteroatoms. The Morgan fingerprint density at radius 3 is 2.72 bits per heavy atom. The summed E-state index contributed by atoms with van der Waals surface area (Å²) in [6.07, 6.45) is 3.18. The van der Waals surface area contributed by atoms with Crippen molar-refractivity contribution in [2.75, 3.05) is 32.7 Å². The summed E-state index contributed by atoms with van der Waals surface area (Å²) >= 11 is 1.59. The number of hydrogen-bond acceptors (Lipinski definition) is 6. The molecule has 0 aromatic carbocycles. The van der Waals surface area contributed by atoms with E-state index in [9.17, 15) is 4.79 Å². The Morgan fingerprint density at radius 2 is 2.03 bits per heavy atom. The van der Waals surface area contributed by atoms with E-state index in [0.29, 0.717) is 44.4 Å². The normalized spacial score (nSPS) is 15.0. The van der Waals surface area contributed by atoms with Gasteiger partial charge in [0.1, 0.15) is 12.0 Å². The minimum atomic E-state index is -0.0692. The zero-order valence-corrected chi connectivity index (χ0v) is 17.0. The summed E-state index contributed by atoms with van der Waals surface area (Å²) < 4.78 is 10.8. The standard InChI is InChI=1S/C20H23N5O3S/c1-2-21-20(22-13-15-14-28-18(23-15)17-6-4-12-29-17)25-9-7-24(8-10-25)19(26)16-5-3-11-27-16/h3-6,11-12,14H,2,7-10,13H2,1H3,(H,21,22). The molecule has 0 aliphatic carbocycles. The molecule has 4 rings (SSSR count). The SMILES string of the molecule is CCNC(=NCc1coc(-c2cccs2)n1)N1CCN(C(=O)c2ccco2)CC1. The first-order valence-electron chi connectivity index (χ1n) is 9.59. The molecule has 0 spiro atoms. The van der Waals surface area contributed by atoms with E-state index in [1.54, 1.807) is 29.7 Å². The Hall–Kier alpha value is -3.07. The molecule has 29 heavy (non-hydrogen) atoms. The summed E-state index contributed by atoms with van der Waals surface area (Å²) in [5.74, 6) is 1.76. The maximum absolute atomic E-state index is 12.4. The second-order valence-electron chi connectivity index (χ2n) is 6.55. The van der Waals surface area contributed by atoms with Gasteiger partial charge in [-0.2, -0.15) is 0 Å². The highest BCUT2D eigenvalue weighted by molar-refractivity contribution is 7.13. The van der Waals surface area contributed by atoms with E-state index in [1.165, 1.54) is 6.26 Å². The first-order chi connectivity index (χ1) is 14.2. The number of oxazole rings is 1. The van der Waals surface area contributed by atoms with Crippen LogP contribution in [-0.4, -0.2) is 59.4 Å². The van der Waals surface area contributed by atoms with E-state index in [1.807, 2.05) is 29.3 Å². The molecular formula is C20H23N5O3S. The third kappa shape index (κ3) is 4.51. The molecule has 0 atom stereocenters. The van der Waals surface area contributed by atoms with E-state index < -0.39 is 0 Å². The number of carbonyl (C=O) groups excluding carboxylic acids is 1. The van der Waals surface area contributed by atoms with Crippen molar-refractivity contribution in [3.63, 3.8) is 0 Å². The molecule has 3 aromatic heterocycles. The highest BCUT2D eigenvalue weighted by Crippen LogP contribution is 2.23. The van der Waals surface area contributed by atoms with Crippen molar-refractivity contribution in [2.24, 2.45) is 4.99 Å². The van der Waals surface area contributed by atoms with E-state index in [0.717, 1.165) is 23.1 Å². The van der Waals surface area contributed by atoms with Crippen molar-refractivity contribution in [3.05, 3.63) is 53.6 Å². The molecule has 1 N–H and O–H groups in total. The lowest BCUT2D eigenvalue weighted by Gasteiger charge is -2.36. The van der Waals surface area contributed by atoms with Gasteiger partial charge in [0.25, 0.3) is 5.91 Å². The Bertz CT molecular complexity index is 941. The number of amides is 1. The quantitative estimate of drug-likeness (QED) is 0.511. The number of thiophene rings is 1. The first-order valence-corrected chi connectivity index (χ1v) is 10.5. The van der Waals surface area contributed by atoms with Gasteiger partial charge >= 0.3 is 0 Å². The zero-order chi connectivity index (χ0) is 20.1. The van der Waals surface area contributed by atoms with Crippen LogP contribution in [0.5, 0.6) is 0 Å². The van der Waals surface area contributed by atoms with Gasteiger partial charge in [0.2, 0.25) is 5.89 Å². The fourth-order valence-electron chi connectivity index (χ4n) is 3.15. The smallest absolute Gasteiger partial charge is 0.289 e. The summed E-state index contributed by atoms with van der Waals surface area (Å²) in [6, 6.07) is 7.38. The van der Waals surface area contributed by atoms with Crippen molar-refractivity contribution in [1.29, 1.82) is 0 Å². The molecule has 152 valence electrons. The fourth-order valence-corrected chi connectivity index (χ4v) is 3.81. The molecule has 1 aliphatic rings. The Morgan fingerprint density at radius 1 is 1.21 bits per heavy atom. The lowest BCUT2D eigenvalue weighted by Crippen LogP contribution is -2.53. The number of hydrogen-bond donors (Lipinski definition) is 1. The van der Waals surface area contributed by atoms with Crippen molar-refractivity contribution >= 4 is 23.2 Å². The van der Waals surface area contributed by atoms with Crippen LogP contribution in [0.1, 0.15) is 23.2 Å². The molecule has 1 aliphatic heterocycles. The second kappa shape index (κ2) is 8.95. The average Bonchev–Trinajstić information content (AvgIpc) is 3.52. The third-order valence-electron chi connectivity index (χ3n) is 4.61. The third-order valence-corrected chi connectivity index (χ3v) is 5.47. The minimum Gasteiger partial charge on any atom is -0.459 e. The minimum absolute atomic E-state index is 0.0692. The summed E-state index contributed by atoms with van der Waals surface area (Å²) in [6.45, 7) is 5.89. The molecule has 0 radical (unpaired) electrons. The highest BCUT2D eigenvalue weighted by atomic mass is 32.1. The predicted molar refractivity (Wildman–Crippen MR) is 111 cm³/mol. The number of piperazine rings is 1. The van der Waals surface area contributed by atoms with Crippen LogP contribution in [0.15, 0.2) is 56.0 Å². The summed E-state index contributed by atoms with van der Waals surface area (Å²) in [7, 11) is 0. The van der Waals surface area contributed by atoms with Crippen LogP contribution in [-0.2, 0) is 6.54 Å². The zero-order valence-electron chi connectivity index (χ0n) is 16.2. The van der Waals surface area contributed by atoms with Crippen LogP contribution in [0.3, 0.4) is 0 Å². The topological polar surface area (TPSA) is 87.1 Å². The van der Waals surface area contributed by atoms with Gasteiger partial charge in [-0.05, 0) is 30.5 Å². The van der Waals surface area contributed by atoms with Crippen LogP contribution < -0.4 is 5.32 Å². The van der Waals surface area contributed by atoms with Crippen molar-refractivity contribution < 1.29 is 13.6 Å². The van der Waals surface area contributed by atoms with Crippen LogP contribution in [0.25, 0.3) is 10.8 Å². The van der Waals surface area contributed by atoms with E-state index in [4.69, 9.17) is 13.8 Å². The lowest BCUT2D eigenvalue weighted by atomic mass is 10.3. The molecular weight excluding hydrogens is 390 g/mol. The predicted octanol–water partition coefficient (Wildman–Crippen LogP) is 2.92. The van der Waals surface area contributed by atoms with E-state index in [2.05, 4.69) is 15.2 Å². The van der Waals surface area contributed by atoms with E-state index >= 15 is 0 Å². The Balaban J connectivity index is 1.37. The number of aromatic nitrogens is 1. The Labute approximate surface area is 172 Å². The monoisotopic (exact) mass is 413 g/mol. The molecule has 0 saturated carbocycles. The molecule has 4 heterocycles. The second-order valence-corrected chi connectivity index (χ2v) is 7.50. The summed E-state index contributed by atoms with van der Waals surface area (Å²) in [5, 5.41) is 5.32. The number of rotatable bonds is 5. The van der Waals surface area contributed by atoms with Gasteiger partial charge in [0.05, 0.1) is 17.7 Å². The number of furan rings is 1. The Kier molecular flexibility index (Phi) is 5.95. The number of guanidine groups is 1. The van der Waals surface area contributed by atoms with Crippen molar-refractivity contribution in [1.82, 2.24) is 20.1 Å². The fraction of sp³-hybridized carbons (Fsp3) is 0.350. The maximum Gasteiger partial charge on any atom is 0.289 e. The first kappa shape index (κ1) is 19.3. The van der Waals surface area contributed by atoms with Crippen LogP contribution in [0.2, 0.25) is 0 Å². The number of nitrogens with zero attached hydrogens (tertiary/aromatic N) is 4. The lowest BCUT2D eigenvalue weighted by molar-refractivity contribution is 0.0657. The van der Waals surface area contributed by atoms with E-state index in [-0.39, 0.29) is 5.91 Å². The largest absolute Gasteiger partial charge is 0.459 e. The van der Waals surface area contributed by atoms with Crippen LogP contribution in [0.4, 0.5) is 0 Å². The molecule has 3 aromatic rings. The van der Waals surface area contributed by atoms with Gasteiger partial charge in [-0.15, -0.1) is 11.3 Å². The highest BCUT2D eigenvalue weighted by Gasteiger charge is 2.25. The van der Waals surface area contributed by atoms with Crippen LogP contribution >= 0.6 is 11.3 Å². The summed E-state index contributed by atoms with van der Waals surface area (Å²) in [5.41, 5.74) is 0.787. The van der Waals surface area contributed by atoms with Gasteiger partial charge < -0.3 is 24.0 Å². The molecule has 0 unspecified atom stereocenters. The van der Waals surface area contributed by atoms with Gasteiger partial charge in [-0.25, -0.2) is 9.98 Å². The maximum atomic E-state index is 12.4. The number of nitrogens with one attached hydrogen (secondary N) is 1. The molecule has 1 fully saturated rings. The van der Waals surface area contributed by atoms with Gasteiger partial charge in [0.15, 0.2) is 11.7 Å². The number of aliphatic imine (C=N–C) groups is 1. The van der Waals surface area contributed by atoms with Crippen LogP contribution in [0, 0.1) is 0 Å². The number of carbonyl (C=O) groups is 1. The molecule has 0 bridgehead atoms. The molecule has 1 amide bonds.